The summed E-state index contributed by atoms with van der Waals surface area (Å²) in [5, 5.41) is 6.56. The minimum Gasteiger partial charge on any atom is -0.147 e. The van der Waals surface area contributed by atoms with Crippen molar-refractivity contribution in [1.82, 2.24) is 0 Å². The van der Waals surface area contributed by atoms with Crippen LogP contribution >= 0.6 is 24.8 Å². The van der Waals surface area contributed by atoms with E-state index in [-0.39, 0.29) is 36.2 Å². The molecule has 119 valence electrons. The monoisotopic (exact) mass is 359 g/mol. The van der Waals surface area contributed by atoms with Crippen molar-refractivity contribution < 1.29 is 23.8 Å². The van der Waals surface area contributed by atoms with Crippen LogP contribution in [0, 0.1) is 5.41 Å². The van der Waals surface area contributed by atoms with Crippen molar-refractivity contribution in [1.29, 1.82) is 0 Å². The minimum atomic E-state index is -3.37. The first-order valence-corrected chi connectivity index (χ1v) is 12.7. The van der Waals surface area contributed by atoms with E-state index < -0.39 is 15.7 Å². The third-order valence-corrected chi connectivity index (χ3v) is 10.2. The third-order valence-electron chi connectivity index (χ3n) is 4.42. The van der Waals surface area contributed by atoms with Crippen LogP contribution in [-0.4, -0.2) is 5.97 Å². The summed E-state index contributed by atoms with van der Waals surface area (Å²) in [5.74, 6) is -0.155. The number of hydrogen-bond donors (Lipinski definition) is 0. The van der Waals surface area contributed by atoms with E-state index in [0.717, 1.165) is 0 Å². The van der Waals surface area contributed by atoms with E-state index in [0.29, 0.717) is 0 Å². The van der Waals surface area contributed by atoms with Crippen molar-refractivity contribution in [3.8, 4) is 0 Å². The molecule has 0 aromatic rings. The predicted molar refractivity (Wildman–Crippen MR) is 88.7 cm³/mol. The first kappa shape index (κ1) is 22.5. The Labute approximate surface area is 137 Å². The van der Waals surface area contributed by atoms with Gasteiger partial charge in [-0.1, -0.05) is 0 Å². The Morgan fingerprint density at radius 2 is 1.40 bits per heavy atom. The van der Waals surface area contributed by atoms with Crippen molar-refractivity contribution in [2.24, 2.45) is 5.41 Å². The van der Waals surface area contributed by atoms with Gasteiger partial charge < -0.3 is 0 Å². The standard InChI is InChI=1S/C10H15.C2H4O2.3CH3.2ClH.Ti/c1-7-6-10(4,5)9(3)8(7)2;1-2(3)4;;;;;;/h1-5H3;1H3,(H,3,4);3*1H3;2*1H;/q;;;;;;;+1/p-1. The van der Waals surface area contributed by atoms with E-state index >= 15 is 0 Å². The van der Waals surface area contributed by atoms with Crippen LogP contribution in [0.4, 0.5) is 0 Å². The summed E-state index contributed by atoms with van der Waals surface area (Å²) in [5.41, 5.74) is 4.12. The Bertz CT molecular complexity index is 480. The number of halogens is 2. The largest absolute Gasteiger partial charge is 0.147 e. The van der Waals surface area contributed by atoms with Crippen LogP contribution in [0.2, 0.25) is 15.7 Å². The van der Waals surface area contributed by atoms with Gasteiger partial charge in [0, 0.05) is 0 Å². The molecule has 0 aromatic carbocycles. The summed E-state index contributed by atoms with van der Waals surface area (Å²) in [4.78, 5) is 11.5. The van der Waals surface area contributed by atoms with Gasteiger partial charge in [-0.05, 0) is 0 Å². The quantitative estimate of drug-likeness (QED) is 0.583. The van der Waals surface area contributed by atoms with E-state index in [9.17, 15) is 4.79 Å². The summed E-state index contributed by atoms with van der Waals surface area (Å²) < 4.78 is 7.27. The number of hydrogen-bond acceptors (Lipinski definition) is 2. The minimum absolute atomic E-state index is 0. The molecule has 0 bridgehead atoms. The van der Waals surface area contributed by atoms with Crippen molar-refractivity contribution in [3.05, 3.63) is 20.6 Å². The SMILES string of the molecule is CC(=O)[O][Ti]([CH3])([CH3])([CH3])[C]1=C(C)C(C)=C(C)C1(C)C.Cl.Cl. The molecule has 0 saturated carbocycles. The van der Waals surface area contributed by atoms with Gasteiger partial charge in [0.15, 0.2) is 0 Å². The van der Waals surface area contributed by atoms with Crippen molar-refractivity contribution in [2.45, 2.75) is 57.2 Å². The number of allylic oxidation sites excluding steroid dienone is 4. The van der Waals surface area contributed by atoms with Crippen molar-refractivity contribution in [2.75, 3.05) is 0 Å². The smallest absolute Gasteiger partial charge is 0.147 e. The topological polar surface area (TPSA) is 26.3 Å². The fraction of sp³-hybridized carbons (Fsp3) is 0.667. The molecule has 0 N–H and O–H groups in total. The van der Waals surface area contributed by atoms with E-state index in [1.807, 2.05) is 0 Å². The van der Waals surface area contributed by atoms with Gasteiger partial charge in [0.05, 0.1) is 0 Å². The van der Waals surface area contributed by atoms with E-state index in [4.69, 9.17) is 3.32 Å². The normalized spacial score (nSPS) is 19.8. The molecular formula is C15H29Cl2O2Ti. The van der Waals surface area contributed by atoms with Gasteiger partial charge >= 0.3 is 113 Å². The van der Waals surface area contributed by atoms with Gasteiger partial charge in [0.2, 0.25) is 0 Å². The molecule has 0 atom stereocenters. The van der Waals surface area contributed by atoms with Crippen LogP contribution < -0.4 is 0 Å². The molecule has 2 nitrogen and oxygen atoms in total. The van der Waals surface area contributed by atoms with Crippen LogP contribution in [0.25, 0.3) is 0 Å². The Morgan fingerprint density at radius 3 is 1.65 bits per heavy atom. The maximum Gasteiger partial charge on any atom is -0.147 e. The average molecular weight is 360 g/mol. The fourth-order valence-electron chi connectivity index (χ4n) is 3.85. The molecule has 1 rings (SSSR count). The summed E-state index contributed by atoms with van der Waals surface area (Å²) in [6, 6.07) is 0. The summed E-state index contributed by atoms with van der Waals surface area (Å²) in [7, 11) is 0. The zero-order valence-electron chi connectivity index (χ0n) is 14.1. The summed E-state index contributed by atoms with van der Waals surface area (Å²) in [6.07, 6.45) is 0. The molecule has 0 radical (unpaired) electrons. The van der Waals surface area contributed by atoms with Gasteiger partial charge in [-0.2, -0.15) is 0 Å². The maximum absolute atomic E-state index is 11.5. The molecule has 5 heteroatoms. The second-order valence-electron chi connectivity index (χ2n) is 7.43. The van der Waals surface area contributed by atoms with Gasteiger partial charge in [-0.25, -0.2) is 0 Å². The fourth-order valence-corrected chi connectivity index (χ4v) is 11.5. The second kappa shape index (κ2) is 6.16. The molecule has 1 aliphatic carbocycles. The Morgan fingerprint density at radius 1 is 1.00 bits per heavy atom. The zero-order valence-corrected chi connectivity index (χ0v) is 17.3. The second-order valence-corrected chi connectivity index (χ2v) is 17.8. The average Bonchev–Trinajstić information content (AvgIpc) is 2.23. The van der Waals surface area contributed by atoms with Crippen molar-refractivity contribution >= 4 is 30.8 Å². The molecule has 0 unspecified atom stereocenters. The predicted octanol–water partition coefficient (Wildman–Crippen LogP) is 5.79. The van der Waals surface area contributed by atoms with Gasteiger partial charge in [-0.3, -0.25) is 0 Å². The first-order chi connectivity index (χ1) is 7.79. The maximum atomic E-state index is 11.5. The summed E-state index contributed by atoms with van der Waals surface area (Å²) >= 11 is -3.37. The zero-order chi connectivity index (χ0) is 14.5. The van der Waals surface area contributed by atoms with Crippen LogP contribution in [0.3, 0.4) is 0 Å². The van der Waals surface area contributed by atoms with E-state index in [1.54, 1.807) is 0 Å². The molecule has 1 aliphatic rings. The number of carbonyl (C=O) groups excluding carboxylic acids is 1. The molecule has 0 fully saturated rings. The van der Waals surface area contributed by atoms with Crippen LogP contribution in [0.15, 0.2) is 20.6 Å². The Hall–Kier alpha value is 0.244. The molecular weight excluding hydrogens is 331 g/mol. The van der Waals surface area contributed by atoms with Gasteiger partial charge in [0.25, 0.3) is 0 Å². The van der Waals surface area contributed by atoms with Gasteiger partial charge in [-0.15, -0.1) is 24.8 Å². The van der Waals surface area contributed by atoms with E-state index in [1.165, 1.54) is 27.5 Å². The molecule has 0 amide bonds. The molecule has 0 saturated heterocycles. The van der Waals surface area contributed by atoms with Gasteiger partial charge in [0.1, 0.15) is 0 Å². The Kier molecular flexibility index (Phi) is 6.94. The van der Waals surface area contributed by atoms with Crippen molar-refractivity contribution in [3.63, 3.8) is 0 Å². The number of rotatable bonds is 2. The van der Waals surface area contributed by atoms with Crippen LogP contribution in [0.5, 0.6) is 0 Å². The Balaban J connectivity index is 0. The first-order valence-electron chi connectivity index (χ1n) is 6.61. The number of carbonyl (C=O) groups is 1. The van der Waals surface area contributed by atoms with Crippen LogP contribution in [-0.2, 0) is 23.8 Å². The molecule has 0 aliphatic heterocycles. The summed E-state index contributed by atoms with van der Waals surface area (Å²) in [6.45, 7) is 12.6. The molecule has 20 heavy (non-hydrogen) atoms. The van der Waals surface area contributed by atoms with Crippen LogP contribution in [0.1, 0.15) is 41.5 Å². The molecule has 0 aromatic heterocycles. The van der Waals surface area contributed by atoms with E-state index in [2.05, 4.69) is 50.3 Å². The molecule has 0 heterocycles. The third kappa shape index (κ3) is 3.71. The molecule has 0 spiro atoms.